The SMILES string of the molecule is CC(=O)[C@H]([I-]C(C)C)N(C)C. The number of carbonyl (C=O) groups is 1. The summed E-state index contributed by atoms with van der Waals surface area (Å²) < 4.78 is 0.916. The Hall–Kier alpha value is 0.360. The fourth-order valence-corrected chi connectivity index (χ4v) is 3.32. The fraction of sp³-hybridized carbons (Fsp3) is 0.875. The minimum absolute atomic E-state index is 0.00491. The van der Waals surface area contributed by atoms with Gasteiger partial charge in [0.2, 0.25) is 0 Å². The van der Waals surface area contributed by atoms with E-state index in [4.69, 9.17) is 0 Å². The Labute approximate surface area is 79.6 Å². The van der Waals surface area contributed by atoms with E-state index in [1.54, 1.807) is 6.92 Å². The summed E-state index contributed by atoms with van der Waals surface area (Å²) in [6.07, 6.45) is 0. The van der Waals surface area contributed by atoms with Gasteiger partial charge in [-0.15, -0.1) is 0 Å². The molecule has 0 aliphatic carbocycles. The average Bonchev–Trinajstić information content (AvgIpc) is 1.81. The number of likely N-dealkylation sites (N-methyl/N-ethyl adjacent to an activating group) is 1. The summed E-state index contributed by atoms with van der Waals surface area (Å²) in [6, 6.07) is 0. The molecule has 0 aliphatic heterocycles. The van der Waals surface area contributed by atoms with E-state index in [9.17, 15) is 4.79 Å². The van der Waals surface area contributed by atoms with Crippen molar-refractivity contribution in [1.29, 1.82) is 0 Å². The zero-order valence-electron chi connectivity index (χ0n) is 7.89. The molecule has 0 aliphatic rings. The first kappa shape index (κ1) is 11.4. The van der Waals surface area contributed by atoms with Crippen LogP contribution in [-0.4, -0.2) is 32.8 Å². The number of Topliss-reactive ketones (excluding diaryl/α,β-unsaturated/α-hetero) is 1. The van der Waals surface area contributed by atoms with Gasteiger partial charge < -0.3 is 0 Å². The zero-order chi connectivity index (χ0) is 9.02. The molecule has 68 valence electrons. The summed E-state index contributed by atoms with van der Waals surface area (Å²) in [7, 11) is 3.96. The molecule has 0 saturated heterocycles. The second-order valence-corrected chi connectivity index (χ2v) is 7.44. The van der Waals surface area contributed by atoms with Crippen molar-refractivity contribution >= 4 is 5.78 Å². The van der Waals surface area contributed by atoms with Crippen molar-refractivity contribution in [2.24, 2.45) is 0 Å². The fourth-order valence-electron chi connectivity index (χ4n) is 0.804. The van der Waals surface area contributed by atoms with E-state index >= 15 is 0 Å². The minimum atomic E-state index is -0.00491. The molecule has 0 fully saturated rings. The molecule has 0 saturated carbocycles. The summed E-state index contributed by atoms with van der Waals surface area (Å²) in [5.41, 5.74) is 0. The summed E-state index contributed by atoms with van der Waals surface area (Å²) in [5, 5.41) is 0. The molecule has 0 aromatic heterocycles. The first-order valence-electron chi connectivity index (χ1n) is 3.74. The average molecular weight is 270 g/mol. The Kier molecular flexibility index (Phi) is 5.25. The van der Waals surface area contributed by atoms with Crippen molar-refractivity contribution in [2.45, 2.75) is 28.7 Å². The van der Waals surface area contributed by atoms with Gasteiger partial charge in [-0.25, -0.2) is 0 Å². The van der Waals surface area contributed by atoms with Crippen LogP contribution in [0, 0.1) is 0 Å². The monoisotopic (exact) mass is 270 g/mol. The van der Waals surface area contributed by atoms with Crippen LogP contribution in [0.15, 0.2) is 0 Å². The van der Waals surface area contributed by atoms with Crippen LogP contribution in [0.2, 0.25) is 0 Å². The normalized spacial score (nSPS) is 14.5. The van der Waals surface area contributed by atoms with Crippen LogP contribution in [0.4, 0.5) is 0 Å². The molecule has 0 heterocycles. The summed E-state index contributed by atoms with van der Waals surface area (Å²) in [4.78, 5) is 13.1. The van der Waals surface area contributed by atoms with Crippen molar-refractivity contribution in [3.8, 4) is 0 Å². The molecule has 3 heteroatoms. The van der Waals surface area contributed by atoms with Crippen molar-refractivity contribution in [2.75, 3.05) is 14.1 Å². The molecule has 0 aromatic carbocycles. The van der Waals surface area contributed by atoms with E-state index in [0.717, 1.165) is 0 Å². The molecule has 11 heavy (non-hydrogen) atoms. The predicted octanol–water partition coefficient (Wildman–Crippen LogP) is -2.04. The first-order valence-corrected chi connectivity index (χ1v) is 6.23. The summed E-state index contributed by atoms with van der Waals surface area (Å²) in [6.45, 7) is 6.06. The molecular formula is C8H17INO-. The number of carbonyl (C=O) groups excluding carboxylic acids is 1. The molecule has 0 spiro atoms. The Balaban J connectivity index is 4.01. The van der Waals surface area contributed by atoms with Crippen molar-refractivity contribution in [1.82, 2.24) is 4.90 Å². The molecule has 0 rings (SSSR count). The maximum atomic E-state index is 11.1. The number of halogens is 1. The topological polar surface area (TPSA) is 20.3 Å². The third-order valence-electron chi connectivity index (χ3n) is 1.16. The van der Waals surface area contributed by atoms with E-state index in [1.807, 2.05) is 19.0 Å². The van der Waals surface area contributed by atoms with Crippen molar-refractivity contribution in [3.05, 3.63) is 0 Å². The maximum absolute atomic E-state index is 11.1. The third-order valence-corrected chi connectivity index (χ3v) is 5.27. The molecule has 0 unspecified atom stereocenters. The van der Waals surface area contributed by atoms with Crippen LogP contribution in [0.25, 0.3) is 0 Å². The summed E-state index contributed by atoms with van der Waals surface area (Å²) >= 11 is -0.00491. The van der Waals surface area contributed by atoms with Crippen LogP contribution in [0.3, 0.4) is 0 Å². The van der Waals surface area contributed by atoms with Crippen LogP contribution in [0.5, 0.6) is 0 Å². The van der Waals surface area contributed by atoms with Crippen molar-refractivity contribution in [3.63, 3.8) is 0 Å². The Morgan fingerprint density at radius 2 is 1.82 bits per heavy atom. The number of hydrogen-bond donors (Lipinski definition) is 0. The van der Waals surface area contributed by atoms with E-state index in [1.165, 1.54) is 0 Å². The van der Waals surface area contributed by atoms with E-state index < -0.39 is 0 Å². The Morgan fingerprint density at radius 1 is 1.36 bits per heavy atom. The molecule has 0 amide bonds. The second-order valence-electron chi connectivity index (χ2n) is 3.05. The third kappa shape index (κ3) is 4.74. The van der Waals surface area contributed by atoms with Gasteiger partial charge >= 0.3 is 79.5 Å². The number of nitrogens with zero attached hydrogens (tertiary/aromatic N) is 1. The number of ketones is 1. The van der Waals surface area contributed by atoms with Crippen LogP contribution in [-0.2, 0) is 4.79 Å². The van der Waals surface area contributed by atoms with E-state index in [-0.39, 0.29) is 25.3 Å². The van der Waals surface area contributed by atoms with E-state index in [2.05, 4.69) is 13.8 Å². The summed E-state index contributed by atoms with van der Waals surface area (Å²) in [5.74, 6) is 0.316. The quantitative estimate of drug-likeness (QED) is 0.333. The Bertz CT molecular complexity index is 134. The van der Waals surface area contributed by atoms with Gasteiger partial charge in [0.25, 0.3) is 0 Å². The zero-order valence-corrected chi connectivity index (χ0v) is 10.0. The number of hydrogen-bond acceptors (Lipinski definition) is 2. The van der Waals surface area contributed by atoms with Gasteiger partial charge in [0.05, 0.1) is 0 Å². The molecule has 2 nitrogen and oxygen atoms in total. The molecule has 0 radical (unpaired) electrons. The van der Waals surface area contributed by atoms with Crippen LogP contribution >= 0.6 is 0 Å². The first-order chi connectivity index (χ1) is 4.95. The van der Waals surface area contributed by atoms with Crippen LogP contribution in [0.1, 0.15) is 20.8 Å². The van der Waals surface area contributed by atoms with Gasteiger partial charge in [-0.3, -0.25) is 0 Å². The van der Waals surface area contributed by atoms with Gasteiger partial charge in [-0.2, -0.15) is 0 Å². The van der Waals surface area contributed by atoms with Crippen molar-refractivity contribution < 1.29 is 26.0 Å². The van der Waals surface area contributed by atoms with Gasteiger partial charge in [0, 0.05) is 0 Å². The molecule has 0 aromatic rings. The van der Waals surface area contributed by atoms with Crippen LogP contribution < -0.4 is 21.2 Å². The number of rotatable bonds is 4. The molecule has 0 bridgehead atoms. The van der Waals surface area contributed by atoms with Gasteiger partial charge in [0.1, 0.15) is 0 Å². The van der Waals surface area contributed by atoms with Gasteiger partial charge in [-0.05, 0) is 0 Å². The number of alkyl halides is 2. The standard InChI is InChI=1S/C8H17INO/c1-6(2)9-8(7(3)11)10(4)5/h6,8H,1-5H3/q-1/t8-/m1/s1. The van der Waals surface area contributed by atoms with Gasteiger partial charge in [-0.1, -0.05) is 0 Å². The van der Waals surface area contributed by atoms with E-state index in [0.29, 0.717) is 9.71 Å². The molecular weight excluding hydrogens is 253 g/mol. The predicted molar refractivity (Wildman–Crippen MR) is 43.3 cm³/mol. The second kappa shape index (κ2) is 5.09. The molecule has 1 atom stereocenters. The Morgan fingerprint density at radius 3 is 1.91 bits per heavy atom. The van der Waals surface area contributed by atoms with Gasteiger partial charge in [0.15, 0.2) is 0 Å². The molecule has 0 N–H and O–H groups in total.